The number of nitrogens with one attached hydrogen (secondary N) is 1. The van der Waals surface area contributed by atoms with Crippen LogP contribution in [0.1, 0.15) is 42.3 Å². The molecule has 1 aromatic carbocycles. The van der Waals surface area contributed by atoms with Gasteiger partial charge in [-0.15, -0.1) is 11.3 Å². The van der Waals surface area contributed by atoms with Crippen molar-refractivity contribution < 1.29 is 9.59 Å². The van der Waals surface area contributed by atoms with Crippen molar-refractivity contribution in [2.45, 2.75) is 26.8 Å². The van der Waals surface area contributed by atoms with E-state index in [-0.39, 0.29) is 5.91 Å². The molecule has 5 nitrogen and oxygen atoms in total. The van der Waals surface area contributed by atoms with E-state index in [0.29, 0.717) is 16.1 Å². The normalized spacial score (nSPS) is 14.3. The molecule has 0 aliphatic carbocycles. The molecule has 2 aromatic rings. The molecule has 24 heavy (non-hydrogen) atoms. The second-order valence-corrected chi connectivity index (χ2v) is 7.44. The van der Waals surface area contributed by atoms with Crippen molar-refractivity contribution >= 4 is 28.2 Å². The summed E-state index contributed by atoms with van der Waals surface area (Å²) in [7, 11) is 2.04. The molecule has 1 aliphatic rings. The van der Waals surface area contributed by atoms with Crippen molar-refractivity contribution in [2.24, 2.45) is 5.73 Å². The van der Waals surface area contributed by atoms with E-state index in [1.807, 2.05) is 39.1 Å². The maximum absolute atomic E-state index is 12.7. The lowest BCUT2D eigenvalue weighted by atomic mass is 10.0. The lowest BCUT2D eigenvalue weighted by Gasteiger charge is -2.22. The van der Waals surface area contributed by atoms with Crippen molar-refractivity contribution in [3.8, 4) is 0 Å². The van der Waals surface area contributed by atoms with E-state index in [4.69, 9.17) is 5.73 Å². The Hall–Kier alpha value is -2.18. The van der Waals surface area contributed by atoms with Crippen LogP contribution in [0.2, 0.25) is 0 Å². The highest BCUT2D eigenvalue weighted by Crippen LogP contribution is 2.36. The fourth-order valence-electron chi connectivity index (χ4n) is 3.03. The van der Waals surface area contributed by atoms with Crippen LogP contribution >= 0.6 is 11.3 Å². The van der Waals surface area contributed by atoms with E-state index in [0.717, 1.165) is 41.1 Å². The Bertz CT molecular complexity index is 826. The van der Waals surface area contributed by atoms with Gasteiger partial charge in [0.2, 0.25) is 0 Å². The van der Waals surface area contributed by atoms with E-state index >= 15 is 0 Å². The number of amides is 2. The summed E-state index contributed by atoms with van der Waals surface area (Å²) in [5, 5.41) is 3.47. The van der Waals surface area contributed by atoms with Gasteiger partial charge in [0.1, 0.15) is 5.00 Å². The number of thiophene rings is 1. The SMILES string of the molecule is Cc1ccc(C)c(C(=O)Nc2sc3c(c2C(N)=O)CCN(C)C3)c1. The molecule has 126 valence electrons. The molecule has 0 spiro atoms. The summed E-state index contributed by atoms with van der Waals surface area (Å²) in [5.74, 6) is -0.682. The van der Waals surface area contributed by atoms with Gasteiger partial charge in [-0.05, 0) is 44.5 Å². The topological polar surface area (TPSA) is 75.4 Å². The highest BCUT2D eigenvalue weighted by Gasteiger charge is 2.26. The first-order chi connectivity index (χ1) is 11.4. The minimum atomic E-state index is -0.478. The first kappa shape index (κ1) is 16.7. The molecule has 0 unspecified atom stereocenters. The van der Waals surface area contributed by atoms with E-state index in [1.54, 1.807) is 0 Å². The number of aryl methyl sites for hydroxylation is 2. The van der Waals surface area contributed by atoms with Crippen LogP contribution in [0.15, 0.2) is 18.2 Å². The molecule has 6 heteroatoms. The maximum atomic E-state index is 12.7. The van der Waals surface area contributed by atoms with Crippen molar-refractivity contribution in [1.82, 2.24) is 4.90 Å². The number of carbonyl (C=O) groups excluding carboxylic acids is 2. The number of hydrogen-bond acceptors (Lipinski definition) is 4. The predicted octanol–water partition coefficient (Wildman–Crippen LogP) is 2.70. The lowest BCUT2D eigenvalue weighted by Crippen LogP contribution is -2.27. The Morgan fingerprint density at radius 3 is 2.75 bits per heavy atom. The Kier molecular flexibility index (Phi) is 4.43. The number of nitrogens with two attached hydrogens (primary N) is 1. The van der Waals surface area contributed by atoms with Gasteiger partial charge in [-0.25, -0.2) is 0 Å². The molecule has 3 N–H and O–H groups in total. The zero-order chi connectivity index (χ0) is 17.4. The summed E-state index contributed by atoms with van der Waals surface area (Å²) < 4.78 is 0. The fraction of sp³-hybridized carbons (Fsp3) is 0.333. The number of hydrogen-bond donors (Lipinski definition) is 2. The zero-order valence-electron chi connectivity index (χ0n) is 14.1. The average Bonchev–Trinajstić information content (AvgIpc) is 2.86. The van der Waals surface area contributed by atoms with Crippen LogP contribution in [0.25, 0.3) is 0 Å². The second-order valence-electron chi connectivity index (χ2n) is 6.33. The molecular formula is C18H21N3O2S. The molecule has 0 saturated carbocycles. The summed E-state index contributed by atoms with van der Waals surface area (Å²) in [6.07, 6.45) is 0.778. The summed E-state index contributed by atoms with van der Waals surface area (Å²) in [5.41, 5.74) is 9.59. The van der Waals surface area contributed by atoms with Gasteiger partial charge in [0.15, 0.2) is 0 Å². The number of rotatable bonds is 3. The van der Waals surface area contributed by atoms with Crippen molar-refractivity contribution in [1.29, 1.82) is 0 Å². The van der Waals surface area contributed by atoms with Gasteiger partial charge in [0, 0.05) is 23.5 Å². The third-order valence-corrected chi connectivity index (χ3v) is 5.49. The third kappa shape index (κ3) is 3.07. The van der Waals surface area contributed by atoms with Crippen LogP contribution < -0.4 is 11.1 Å². The Balaban J connectivity index is 1.96. The number of anilines is 1. The van der Waals surface area contributed by atoms with Crippen molar-refractivity contribution in [3.63, 3.8) is 0 Å². The van der Waals surface area contributed by atoms with Crippen LogP contribution in [0, 0.1) is 13.8 Å². The van der Waals surface area contributed by atoms with Crippen molar-refractivity contribution in [2.75, 3.05) is 18.9 Å². The first-order valence-corrected chi connectivity index (χ1v) is 8.70. The van der Waals surface area contributed by atoms with Gasteiger partial charge >= 0.3 is 0 Å². The van der Waals surface area contributed by atoms with Crippen LogP contribution in [-0.4, -0.2) is 30.3 Å². The Morgan fingerprint density at radius 1 is 1.29 bits per heavy atom. The summed E-state index contributed by atoms with van der Waals surface area (Å²) in [6, 6.07) is 5.75. The number of benzene rings is 1. The molecule has 0 atom stereocenters. The van der Waals surface area contributed by atoms with Gasteiger partial charge in [0.05, 0.1) is 5.56 Å². The average molecular weight is 343 g/mol. The summed E-state index contributed by atoms with van der Waals surface area (Å²) in [4.78, 5) is 27.9. The van der Waals surface area contributed by atoms with Gasteiger partial charge in [-0.1, -0.05) is 17.7 Å². The first-order valence-electron chi connectivity index (χ1n) is 7.88. The molecule has 0 saturated heterocycles. The van der Waals surface area contributed by atoms with Crippen LogP contribution in [-0.2, 0) is 13.0 Å². The maximum Gasteiger partial charge on any atom is 0.256 e. The second kappa shape index (κ2) is 6.37. The third-order valence-electron chi connectivity index (χ3n) is 4.36. The van der Waals surface area contributed by atoms with E-state index in [2.05, 4.69) is 10.2 Å². The largest absolute Gasteiger partial charge is 0.365 e. The van der Waals surface area contributed by atoms with Gasteiger partial charge < -0.3 is 16.0 Å². The van der Waals surface area contributed by atoms with Crippen LogP contribution in [0.3, 0.4) is 0 Å². The standard InChI is InChI=1S/C18H21N3O2S/c1-10-4-5-11(2)13(8-10)17(23)20-18-15(16(19)22)12-6-7-21(3)9-14(12)24-18/h4-5,8H,6-7,9H2,1-3H3,(H2,19,22)(H,20,23). The number of fused-ring (bicyclic) bond motifs is 1. The highest BCUT2D eigenvalue weighted by atomic mass is 32.1. The molecule has 0 bridgehead atoms. The number of primary amides is 1. The van der Waals surface area contributed by atoms with E-state index in [1.165, 1.54) is 11.3 Å². The fourth-order valence-corrected chi connectivity index (χ4v) is 4.36. The molecular weight excluding hydrogens is 322 g/mol. The summed E-state index contributed by atoms with van der Waals surface area (Å²) >= 11 is 1.45. The lowest BCUT2D eigenvalue weighted by molar-refractivity contribution is 0.1000. The van der Waals surface area contributed by atoms with E-state index in [9.17, 15) is 9.59 Å². The summed E-state index contributed by atoms with van der Waals surface area (Å²) in [6.45, 7) is 5.51. The number of nitrogens with zero attached hydrogens (tertiary/aromatic N) is 1. The quantitative estimate of drug-likeness (QED) is 0.900. The minimum Gasteiger partial charge on any atom is -0.365 e. The molecule has 2 amide bonds. The highest BCUT2D eigenvalue weighted by molar-refractivity contribution is 7.17. The van der Waals surface area contributed by atoms with Crippen LogP contribution in [0.4, 0.5) is 5.00 Å². The zero-order valence-corrected chi connectivity index (χ0v) is 14.9. The van der Waals surface area contributed by atoms with Gasteiger partial charge in [0.25, 0.3) is 11.8 Å². The molecule has 3 rings (SSSR count). The molecule has 1 aliphatic heterocycles. The Labute approximate surface area is 145 Å². The minimum absolute atomic E-state index is 0.203. The molecule has 0 fully saturated rings. The van der Waals surface area contributed by atoms with Gasteiger partial charge in [-0.3, -0.25) is 9.59 Å². The molecule has 1 aromatic heterocycles. The van der Waals surface area contributed by atoms with E-state index < -0.39 is 5.91 Å². The molecule has 0 radical (unpaired) electrons. The Morgan fingerprint density at radius 2 is 2.04 bits per heavy atom. The van der Waals surface area contributed by atoms with Gasteiger partial charge in [-0.2, -0.15) is 0 Å². The van der Waals surface area contributed by atoms with Crippen LogP contribution in [0.5, 0.6) is 0 Å². The smallest absolute Gasteiger partial charge is 0.256 e. The predicted molar refractivity (Wildman–Crippen MR) is 96.7 cm³/mol. The number of carbonyl (C=O) groups is 2. The molecule has 2 heterocycles. The van der Waals surface area contributed by atoms with Crippen molar-refractivity contribution in [3.05, 3.63) is 50.9 Å². The number of likely N-dealkylation sites (N-methyl/N-ethyl adjacent to an activating group) is 1. The monoisotopic (exact) mass is 343 g/mol.